The lowest BCUT2D eigenvalue weighted by Gasteiger charge is -2.57. The topological polar surface area (TPSA) is 60.9 Å². The molecule has 2 aliphatic rings. The van der Waals surface area contributed by atoms with Gasteiger partial charge in [0.25, 0.3) is 0 Å². The Morgan fingerprint density at radius 2 is 1.41 bits per heavy atom. The van der Waals surface area contributed by atoms with Crippen LogP contribution in [-0.4, -0.2) is 61.1 Å². The van der Waals surface area contributed by atoms with Crippen molar-refractivity contribution in [3.63, 3.8) is 0 Å². The van der Waals surface area contributed by atoms with Gasteiger partial charge >= 0.3 is 0 Å². The van der Waals surface area contributed by atoms with Gasteiger partial charge in [0.15, 0.2) is 0 Å². The zero-order chi connectivity index (χ0) is 23.5. The highest BCUT2D eigenvalue weighted by Gasteiger charge is 2.50. The number of hydrogen-bond donors (Lipinski definition) is 1. The summed E-state index contributed by atoms with van der Waals surface area (Å²) in [5.74, 6) is 0.141. The molecule has 0 bridgehead atoms. The first kappa shape index (κ1) is 23.2. The van der Waals surface area contributed by atoms with Crippen LogP contribution in [-0.2, 0) is 15.8 Å². The van der Waals surface area contributed by atoms with Crippen LogP contribution in [0.25, 0.3) is 11.1 Å². The van der Waals surface area contributed by atoms with Gasteiger partial charge in [-0.2, -0.15) is 0 Å². The molecule has 3 aromatic carbocycles. The molecule has 2 aliphatic heterocycles. The summed E-state index contributed by atoms with van der Waals surface area (Å²) in [6.45, 7) is 2.01. The van der Waals surface area contributed by atoms with E-state index in [1.165, 1.54) is 11.1 Å². The van der Waals surface area contributed by atoms with E-state index in [9.17, 15) is 13.5 Å². The lowest BCUT2D eigenvalue weighted by molar-refractivity contribution is -0.0554. The number of benzene rings is 3. The van der Waals surface area contributed by atoms with E-state index >= 15 is 0 Å². The highest BCUT2D eigenvalue weighted by atomic mass is 32.2. The molecule has 0 aromatic heterocycles. The first-order valence-corrected chi connectivity index (χ1v) is 13.7. The third kappa shape index (κ3) is 4.68. The standard InChI is InChI=1S/C28H32N2O3S/c31-20-27-28(25-15-13-24(14-16-25)23-11-5-2-6-12-23)26-19-29(17-7-8-18-30(26)27)34(32,33)21-22-9-3-1-4-10-22/h1-6,9-16,26-28,31H,7-8,17-21H2/t26-,27-,28-/m0/s1. The molecule has 3 aromatic rings. The molecule has 0 spiro atoms. The van der Waals surface area contributed by atoms with Crippen molar-refractivity contribution in [2.45, 2.75) is 36.6 Å². The maximum atomic E-state index is 13.4. The van der Waals surface area contributed by atoms with Gasteiger partial charge in [-0.3, -0.25) is 4.90 Å². The fourth-order valence-electron chi connectivity index (χ4n) is 5.57. The van der Waals surface area contributed by atoms with Crippen molar-refractivity contribution in [2.75, 3.05) is 26.2 Å². The minimum atomic E-state index is -3.43. The van der Waals surface area contributed by atoms with E-state index in [4.69, 9.17) is 0 Å². The molecule has 2 heterocycles. The Bertz CT molecular complexity index is 1180. The van der Waals surface area contributed by atoms with E-state index in [0.717, 1.165) is 30.5 Å². The van der Waals surface area contributed by atoms with Gasteiger partial charge in [-0.1, -0.05) is 84.9 Å². The Balaban J connectivity index is 1.38. The second-order valence-corrected chi connectivity index (χ2v) is 11.3. The van der Waals surface area contributed by atoms with Crippen molar-refractivity contribution < 1.29 is 13.5 Å². The van der Waals surface area contributed by atoms with E-state index in [0.29, 0.717) is 13.1 Å². The lowest BCUT2D eigenvalue weighted by Crippen LogP contribution is -2.67. The summed E-state index contributed by atoms with van der Waals surface area (Å²) in [7, 11) is -3.43. The molecule has 178 valence electrons. The predicted molar refractivity (Wildman–Crippen MR) is 136 cm³/mol. The van der Waals surface area contributed by atoms with Crippen LogP contribution < -0.4 is 0 Å². The summed E-state index contributed by atoms with van der Waals surface area (Å²) in [4.78, 5) is 2.32. The Morgan fingerprint density at radius 3 is 2.09 bits per heavy atom. The fraction of sp³-hybridized carbons (Fsp3) is 0.357. The normalized spacial score (nSPS) is 24.0. The molecule has 0 saturated carbocycles. The van der Waals surface area contributed by atoms with Crippen LogP contribution in [0.15, 0.2) is 84.9 Å². The second kappa shape index (κ2) is 10.0. The van der Waals surface area contributed by atoms with Gasteiger partial charge in [-0.15, -0.1) is 0 Å². The van der Waals surface area contributed by atoms with Crippen molar-refractivity contribution in [3.05, 3.63) is 96.1 Å². The van der Waals surface area contributed by atoms with Crippen LogP contribution in [0, 0.1) is 0 Å². The number of fused-ring (bicyclic) bond motifs is 1. The molecule has 0 unspecified atom stereocenters. The van der Waals surface area contributed by atoms with Gasteiger partial charge in [-0.05, 0) is 41.6 Å². The molecule has 2 fully saturated rings. The van der Waals surface area contributed by atoms with Crippen LogP contribution in [0.2, 0.25) is 0 Å². The molecule has 34 heavy (non-hydrogen) atoms. The maximum absolute atomic E-state index is 13.4. The average molecular weight is 477 g/mol. The predicted octanol–water partition coefficient (Wildman–Crippen LogP) is 4.11. The summed E-state index contributed by atoms with van der Waals surface area (Å²) in [5, 5.41) is 10.2. The zero-order valence-corrected chi connectivity index (χ0v) is 20.1. The number of rotatable bonds is 6. The lowest BCUT2D eigenvalue weighted by atomic mass is 9.74. The van der Waals surface area contributed by atoms with E-state index in [2.05, 4.69) is 41.3 Å². The van der Waals surface area contributed by atoms with Gasteiger partial charge in [0.2, 0.25) is 10.0 Å². The van der Waals surface area contributed by atoms with E-state index < -0.39 is 10.0 Å². The summed E-state index contributed by atoms with van der Waals surface area (Å²) in [5.41, 5.74) is 4.32. The highest BCUT2D eigenvalue weighted by molar-refractivity contribution is 7.88. The summed E-state index contributed by atoms with van der Waals surface area (Å²) < 4.78 is 28.4. The van der Waals surface area contributed by atoms with Crippen LogP contribution in [0.5, 0.6) is 0 Å². The number of nitrogens with zero attached hydrogens (tertiary/aromatic N) is 2. The van der Waals surface area contributed by atoms with Crippen molar-refractivity contribution in [3.8, 4) is 11.1 Å². The Morgan fingerprint density at radius 1 is 0.794 bits per heavy atom. The van der Waals surface area contributed by atoms with Crippen LogP contribution in [0.4, 0.5) is 0 Å². The number of sulfonamides is 1. The fourth-order valence-corrected chi connectivity index (χ4v) is 7.15. The molecule has 0 aliphatic carbocycles. The molecule has 5 rings (SSSR count). The first-order valence-electron chi connectivity index (χ1n) is 12.1. The summed E-state index contributed by atoms with van der Waals surface area (Å²) in [6.07, 6.45) is 1.77. The van der Waals surface area contributed by atoms with Crippen molar-refractivity contribution >= 4 is 10.0 Å². The summed E-state index contributed by atoms with van der Waals surface area (Å²) >= 11 is 0. The molecule has 2 saturated heterocycles. The molecule has 3 atom stereocenters. The minimum absolute atomic E-state index is 0.0282. The van der Waals surface area contributed by atoms with Crippen LogP contribution in [0.1, 0.15) is 29.9 Å². The molecule has 1 N–H and O–H groups in total. The number of aliphatic hydroxyl groups excluding tert-OH is 1. The van der Waals surface area contributed by atoms with Gasteiger partial charge < -0.3 is 5.11 Å². The summed E-state index contributed by atoms with van der Waals surface area (Å²) in [6, 6.07) is 28.4. The van der Waals surface area contributed by atoms with E-state index in [-0.39, 0.29) is 30.4 Å². The maximum Gasteiger partial charge on any atom is 0.218 e. The first-order chi connectivity index (χ1) is 16.6. The second-order valence-electron chi connectivity index (χ2n) is 9.38. The molecule has 6 heteroatoms. The molecular weight excluding hydrogens is 444 g/mol. The Hall–Kier alpha value is -2.51. The average Bonchev–Trinajstić information content (AvgIpc) is 2.84. The molecule has 0 radical (unpaired) electrons. The van der Waals surface area contributed by atoms with Crippen LogP contribution >= 0.6 is 0 Å². The Kier molecular flexibility index (Phi) is 6.84. The SMILES string of the molecule is O=S(=O)(Cc1ccccc1)N1CCCCN2[C@@H](CO)[C@@H](c3ccc(-c4ccccc4)cc3)[C@@H]2C1. The van der Waals surface area contributed by atoms with E-state index in [1.807, 2.05) is 48.5 Å². The minimum Gasteiger partial charge on any atom is -0.395 e. The van der Waals surface area contributed by atoms with Crippen LogP contribution in [0.3, 0.4) is 0 Å². The largest absolute Gasteiger partial charge is 0.395 e. The monoisotopic (exact) mass is 476 g/mol. The quantitative estimate of drug-likeness (QED) is 0.582. The number of hydrogen-bond acceptors (Lipinski definition) is 4. The van der Waals surface area contributed by atoms with Crippen molar-refractivity contribution in [1.82, 2.24) is 9.21 Å². The van der Waals surface area contributed by atoms with Gasteiger partial charge in [0.1, 0.15) is 0 Å². The highest BCUT2D eigenvalue weighted by Crippen LogP contribution is 2.42. The molecule has 5 nitrogen and oxygen atoms in total. The van der Waals surface area contributed by atoms with Crippen molar-refractivity contribution in [2.24, 2.45) is 0 Å². The molecular formula is C28H32N2O3S. The third-order valence-electron chi connectivity index (χ3n) is 7.32. The smallest absolute Gasteiger partial charge is 0.218 e. The van der Waals surface area contributed by atoms with E-state index in [1.54, 1.807) is 4.31 Å². The number of aliphatic hydroxyl groups is 1. The van der Waals surface area contributed by atoms with Gasteiger partial charge in [0, 0.05) is 31.1 Å². The van der Waals surface area contributed by atoms with Gasteiger partial charge in [-0.25, -0.2) is 12.7 Å². The molecule has 0 amide bonds. The third-order valence-corrected chi connectivity index (χ3v) is 9.14. The van der Waals surface area contributed by atoms with Gasteiger partial charge in [0.05, 0.1) is 12.4 Å². The van der Waals surface area contributed by atoms with Crippen molar-refractivity contribution in [1.29, 1.82) is 0 Å². The zero-order valence-electron chi connectivity index (χ0n) is 19.3. The Labute approximate surface area is 202 Å².